The van der Waals surface area contributed by atoms with Crippen molar-refractivity contribution in [1.82, 2.24) is 4.57 Å². The first kappa shape index (κ1) is 23.0. The molecule has 0 bridgehead atoms. The lowest BCUT2D eigenvalue weighted by molar-refractivity contribution is -0.697. The summed E-state index contributed by atoms with van der Waals surface area (Å²) in [5.74, 6) is 0. The number of hydrogen-bond donors (Lipinski definition) is 0. The predicted molar refractivity (Wildman–Crippen MR) is 90.4 cm³/mol. The van der Waals surface area contributed by atoms with Gasteiger partial charge in [-0.25, -0.2) is 9.13 Å². The molecule has 0 amide bonds. The molecule has 1 aromatic heterocycles. The predicted octanol–water partition coefficient (Wildman–Crippen LogP) is 1.48. The Kier molecular flexibility index (Phi) is 13.8. The number of nitrogens with zero attached hydrogens (tertiary/aromatic N) is 2. The Morgan fingerprint density at radius 3 is 2.12 bits per heavy atom. The van der Waals surface area contributed by atoms with Gasteiger partial charge in [0.15, 0.2) is 0 Å². The Balaban J connectivity index is 0.00000529. The summed E-state index contributed by atoms with van der Waals surface area (Å²) in [6, 6.07) is 0. The molecule has 1 N–H and O–H groups in total. The van der Waals surface area contributed by atoms with E-state index in [4.69, 9.17) is 18.9 Å². The van der Waals surface area contributed by atoms with Gasteiger partial charge in [0.25, 0.3) is 0 Å². The van der Waals surface area contributed by atoms with Gasteiger partial charge in [0, 0.05) is 27.1 Å². The highest BCUT2D eigenvalue weighted by Gasteiger charge is 2.05. The molecule has 0 spiro atoms. The highest BCUT2D eigenvalue weighted by atomic mass is 16.5. The lowest BCUT2D eigenvalue weighted by Gasteiger charge is -2.09. The fraction of sp³-hybridized carbons (Fsp3) is 0.824. The third kappa shape index (κ3) is 10.7. The second kappa shape index (κ2) is 14.4. The van der Waals surface area contributed by atoms with Crippen molar-refractivity contribution < 1.29 is 29.0 Å². The van der Waals surface area contributed by atoms with E-state index in [9.17, 15) is 0 Å². The molecule has 7 nitrogen and oxygen atoms in total. The molecule has 1 aromatic rings. The first-order valence-electron chi connectivity index (χ1n) is 8.41. The van der Waals surface area contributed by atoms with Crippen molar-refractivity contribution in [2.75, 3.05) is 40.6 Å². The summed E-state index contributed by atoms with van der Waals surface area (Å²) in [6.07, 6.45) is 8.68. The van der Waals surface area contributed by atoms with Crippen LogP contribution < -0.4 is 4.57 Å². The minimum absolute atomic E-state index is 0. The molecule has 1 rings (SSSR count). The fourth-order valence-corrected chi connectivity index (χ4v) is 2.04. The second-order valence-corrected chi connectivity index (χ2v) is 5.84. The zero-order chi connectivity index (χ0) is 16.9. The van der Waals surface area contributed by atoms with Gasteiger partial charge < -0.3 is 24.4 Å². The SMILES string of the molecule is COC(C)COCCCn1cc[n+](CCCOCC(C)OC)c1.[OH-]. The van der Waals surface area contributed by atoms with E-state index in [1.165, 1.54) is 0 Å². The first-order valence-corrected chi connectivity index (χ1v) is 8.41. The van der Waals surface area contributed by atoms with E-state index in [0.717, 1.165) is 39.1 Å². The van der Waals surface area contributed by atoms with Gasteiger partial charge in [-0.05, 0) is 13.8 Å². The standard InChI is InChI=1S/C17H33N2O4.H2O/c1-16(20-3)13-22-11-5-7-18-9-10-19(15-18)8-6-12-23-14-17(2)21-4;/h9-10,15-17H,5-8,11-14H2,1-4H3;1H2/q+1;/p-1. The first-order chi connectivity index (χ1) is 11.2. The molecule has 2 atom stereocenters. The molecule has 7 heteroatoms. The van der Waals surface area contributed by atoms with Crippen molar-refractivity contribution in [3.63, 3.8) is 0 Å². The Hall–Kier alpha value is -0.990. The maximum Gasteiger partial charge on any atom is 0.243 e. The lowest BCUT2D eigenvalue weighted by Crippen LogP contribution is -2.31. The van der Waals surface area contributed by atoms with Crippen LogP contribution in [0.15, 0.2) is 18.7 Å². The minimum Gasteiger partial charge on any atom is -0.870 e. The van der Waals surface area contributed by atoms with Gasteiger partial charge >= 0.3 is 0 Å². The van der Waals surface area contributed by atoms with Gasteiger partial charge in [0.05, 0.1) is 51.7 Å². The largest absolute Gasteiger partial charge is 0.870 e. The third-order valence-electron chi connectivity index (χ3n) is 3.67. The Morgan fingerprint density at radius 2 is 1.54 bits per heavy atom. The van der Waals surface area contributed by atoms with E-state index in [-0.39, 0.29) is 17.7 Å². The molecule has 24 heavy (non-hydrogen) atoms. The normalized spacial score (nSPS) is 13.5. The molecule has 0 aromatic carbocycles. The smallest absolute Gasteiger partial charge is 0.243 e. The molecule has 2 unspecified atom stereocenters. The molecular weight excluding hydrogens is 312 g/mol. The van der Waals surface area contributed by atoms with E-state index in [1.54, 1.807) is 14.2 Å². The van der Waals surface area contributed by atoms with Crippen molar-refractivity contribution in [1.29, 1.82) is 0 Å². The Bertz CT molecular complexity index is 366. The van der Waals surface area contributed by atoms with Crippen molar-refractivity contribution in [3.05, 3.63) is 18.7 Å². The summed E-state index contributed by atoms with van der Waals surface area (Å²) in [7, 11) is 3.41. The van der Waals surface area contributed by atoms with E-state index < -0.39 is 0 Å². The van der Waals surface area contributed by atoms with Crippen molar-refractivity contribution in [2.45, 2.75) is 52.0 Å². The van der Waals surface area contributed by atoms with Gasteiger partial charge in [0.2, 0.25) is 6.33 Å². The van der Waals surface area contributed by atoms with Crippen LogP contribution in [0.5, 0.6) is 0 Å². The molecular formula is C17H34N2O5. The summed E-state index contributed by atoms with van der Waals surface area (Å²) in [4.78, 5) is 0. The second-order valence-electron chi connectivity index (χ2n) is 5.84. The van der Waals surface area contributed by atoms with Crippen molar-refractivity contribution in [2.24, 2.45) is 0 Å². The molecule has 1 heterocycles. The van der Waals surface area contributed by atoms with Gasteiger partial charge in [0.1, 0.15) is 12.4 Å². The molecule has 0 radical (unpaired) electrons. The number of ether oxygens (including phenoxy) is 4. The number of aryl methyl sites for hydroxylation is 2. The summed E-state index contributed by atoms with van der Waals surface area (Å²) in [6.45, 7) is 8.79. The van der Waals surface area contributed by atoms with Crippen LogP contribution in [-0.2, 0) is 32.0 Å². The Labute approximate surface area is 145 Å². The zero-order valence-corrected chi connectivity index (χ0v) is 15.5. The summed E-state index contributed by atoms with van der Waals surface area (Å²) < 4.78 is 25.8. The highest BCUT2D eigenvalue weighted by Crippen LogP contribution is 1.95. The monoisotopic (exact) mass is 346 g/mol. The Morgan fingerprint density at radius 1 is 0.958 bits per heavy atom. The van der Waals surface area contributed by atoms with E-state index >= 15 is 0 Å². The molecule has 0 aliphatic rings. The van der Waals surface area contributed by atoms with Crippen LogP contribution in [-0.4, -0.2) is 62.9 Å². The number of imidazole rings is 1. The lowest BCUT2D eigenvalue weighted by atomic mass is 10.4. The summed E-state index contributed by atoms with van der Waals surface area (Å²) in [5, 5.41) is 0. The van der Waals surface area contributed by atoms with Crippen LogP contribution in [0.1, 0.15) is 26.7 Å². The van der Waals surface area contributed by atoms with Gasteiger partial charge in [-0.1, -0.05) is 0 Å². The highest BCUT2D eigenvalue weighted by molar-refractivity contribution is 4.66. The van der Waals surface area contributed by atoms with Crippen LogP contribution in [0.4, 0.5) is 0 Å². The topological polar surface area (TPSA) is 75.7 Å². The quantitative estimate of drug-likeness (QED) is 0.377. The number of hydrogen-bond acceptors (Lipinski definition) is 5. The van der Waals surface area contributed by atoms with E-state index in [0.29, 0.717) is 13.2 Å². The average molecular weight is 346 g/mol. The number of methoxy groups -OCH3 is 2. The fourth-order valence-electron chi connectivity index (χ4n) is 2.04. The molecule has 142 valence electrons. The number of rotatable bonds is 14. The van der Waals surface area contributed by atoms with Crippen molar-refractivity contribution in [3.8, 4) is 0 Å². The maximum absolute atomic E-state index is 5.56. The van der Waals surface area contributed by atoms with Gasteiger partial charge in [-0.15, -0.1) is 0 Å². The maximum atomic E-state index is 5.56. The van der Waals surface area contributed by atoms with Gasteiger partial charge in [-0.2, -0.15) is 0 Å². The van der Waals surface area contributed by atoms with Crippen LogP contribution in [0.25, 0.3) is 0 Å². The number of aromatic nitrogens is 2. The third-order valence-corrected chi connectivity index (χ3v) is 3.67. The van der Waals surface area contributed by atoms with Crippen LogP contribution in [0.3, 0.4) is 0 Å². The summed E-state index contributed by atoms with van der Waals surface area (Å²) in [5.41, 5.74) is 0. The van der Waals surface area contributed by atoms with E-state index in [2.05, 4.69) is 27.9 Å². The van der Waals surface area contributed by atoms with Crippen LogP contribution in [0.2, 0.25) is 0 Å². The molecule has 0 fully saturated rings. The molecule has 0 saturated carbocycles. The van der Waals surface area contributed by atoms with Crippen molar-refractivity contribution >= 4 is 0 Å². The molecule has 0 aliphatic heterocycles. The van der Waals surface area contributed by atoms with Gasteiger partial charge in [-0.3, -0.25) is 0 Å². The zero-order valence-electron chi connectivity index (χ0n) is 15.5. The van der Waals surface area contributed by atoms with Crippen LogP contribution >= 0.6 is 0 Å². The minimum atomic E-state index is 0. The molecule has 0 saturated heterocycles. The summed E-state index contributed by atoms with van der Waals surface area (Å²) >= 11 is 0. The van der Waals surface area contributed by atoms with Crippen LogP contribution in [0, 0.1) is 0 Å². The molecule has 0 aliphatic carbocycles. The van der Waals surface area contributed by atoms with E-state index in [1.807, 2.05) is 13.8 Å². The average Bonchev–Trinajstić information content (AvgIpc) is 3.01.